The van der Waals surface area contributed by atoms with Crippen LogP contribution in [0.1, 0.15) is 48.9 Å². The van der Waals surface area contributed by atoms with Crippen LogP contribution < -0.4 is 4.90 Å². The van der Waals surface area contributed by atoms with Gasteiger partial charge in [0.05, 0.1) is 16.2 Å². The third-order valence-corrected chi connectivity index (χ3v) is 5.44. The van der Waals surface area contributed by atoms with E-state index in [1.54, 1.807) is 6.33 Å². The standard InChI is InChI=1S/C16H20BrN5/c1-21-13-6-3-2-5-12(13)20-16(21)14-7-4-8-22(14)15-11(17)9-18-10-19-15/h9-10,14H,2-8H2,1H3/t14-/m1/s1. The Bertz CT molecular complexity index is 696. The predicted octanol–water partition coefficient (Wildman–Crippen LogP) is 3.19. The largest absolute Gasteiger partial charge is 0.345 e. The molecule has 116 valence electrons. The fourth-order valence-electron chi connectivity index (χ4n) is 3.81. The molecule has 22 heavy (non-hydrogen) atoms. The van der Waals surface area contributed by atoms with Crippen molar-refractivity contribution in [2.45, 2.75) is 44.6 Å². The van der Waals surface area contributed by atoms with Gasteiger partial charge in [-0.05, 0) is 54.5 Å². The molecule has 2 aromatic rings. The molecule has 3 heterocycles. The van der Waals surface area contributed by atoms with Crippen LogP contribution in [0, 0.1) is 0 Å². The lowest BCUT2D eigenvalue weighted by Crippen LogP contribution is -2.26. The van der Waals surface area contributed by atoms with Gasteiger partial charge in [-0.2, -0.15) is 0 Å². The van der Waals surface area contributed by atoms with Gasteiger partial charge in [-0.15, -0.1) is 0 Å². The van der Waals surface area contributed by atoms with E-state index >= 15 is 0 Å². The molecule has 0 aromatic carbocycles. The SMILES string of the molecule is Cn1c([C@H]2CCCN2c2ncncc2Br)nc2c1CCCC2. The highest BCUT2D eigenvalue weighted by Crippen LogP contribution is 2.38. The number of aromatic nitrogens is 4. The number of aryl methyl sites for hydroxylation is 1. The second kappa shape index (κ2) is 5.65. The Labute approximate surface area is 138 Å². The van der Waals surface area contributed by atoms with Crippen molar-refractivity contribution in [3.63, 3.8) is 0 Å². The van der Waals surface area contributed by atoms with Crippen molar-refractivity contribution in [1.29, 1.82) is 0 Å². The van der Waals surface area contributed by atoms with Crippen LogP contribution in [-0.2, 0) is 19.9 Å². The van der Waals surface area contributed by atoms with Crippen molar-refractivity contribution in [3.05, 3.63) is 34.2 Å². The molecule has 1 atom stereocenters. The molecular weight excluding hydrogens is 342 g/mol. The Balaban J connectivity index is 1.73. The topological polar surface area (TPSA) is 46.8 Å². The minimum absolute atomic E-state index is 0.321. The number of halogens is 1. The summed E-state index contributed by atoms with van der Waals surface area (Å²) >= 11 is 3.59. The molecule has 1 saturated heterocycles. The molecule has 0 unspecified atom stereocenters. The van der Waals surface area contributed by atoms with Crippen LogP contribution in [0.4, 0.5) is 5.82 Å². The third kappa shape index (κ3) is 2.24. The van der Waals surface area contributed by atoms with Crippen LogP contribution in [0.3, 0.4) is 0 Å². The lowest BCUT2D eigenvalue weighted by atomic mass is 10.0. The number of nitrogens with zero attached hydrogens (tertiary/aromatic N) is 5. The summed E-state index contributed by atoms with van der Waals surface area (Å²) in [5.41, 5.74) is 2.76. The van der Waals surface area contributed by atoms with Gasteiger partial charge in [-0.3, -0.25) is 0 Å². The van der Waals surface area contributed by atoms with E-state index in [1.165, 1.54) is 42.9 Å². The van der Waals surface area contributed by atoms with Crippen molar-refractivity contribution < 1.29 is 0 Å². The zero-order chi connectivity index (χ0) is 15.1. The molecule has 0 saturated carbocycles. The Hall–Kier alpha value is -1.43. The molecule has 0 bridgehead atoms. The fraction of sp³-hybridized carbons (Fsp3) is 0.562. The average molecular weight is 362 g/mol. The first-order chi connectivity index (χ1) is 10.8. The van der Waals surface area contributed by atoms with E-state index in [2.05, 4.69) is 42.4 Å². The maximum Gasteiger partial charge on any atom is 0.146 e. The summed E-state index contributed by atoms with van der Waals surface area (Å²) in [6.45, 7) is 1.03. The predicted molar refractivity (Wildman–Crippen MR) is 88.9 cm³/mol. The average Bonchev–Trinajstić information content (AvgIpc) is 3.13. The van der Waals surface area contributed by atoms with Crippen LogP contribution in [-0.4, -0.2) is 26.1 Å². The van der Waals surface area contributed by atoms with Crippen molar-refractivity contribution >= 4 is 21.7 Å². The quantitative estimate of drug-likeness (QED) is 0.823. The third-order valence-electron chi connectivity index (χ3n) is 4.88. The number of imidazole rings is 1. The fourth-order valence-corrected chi connectivity index (χ4v) is 4.26. The molecule has 2 aliphatic rings. The number of anilines is 1. The summed E-state index contributed by atoms with van der Waals surface area (Å²) in [6.07, 6.45) is 10.6. The number of rotatable bonds is 2. The van der Waals surface area contributed by atoms with Gasteiger partial charge in [-0.25, -0.2) is 15.0 Å². The smallest absolute Gasteiger partial charge is 0.146 e. The van der Waals surface area contributed by atoms with Crippen LogP contribution in [0.5, 0.6) is 0 Å². The van der Waals surface area contributed by atoms with Gasteiger partial charge in [0.15, 0.2) is 0 Å². The molecular formula is C16H20BrN5. The number of fused-ring (bicyclic) bond motifs is 1. The van der Waals surface area contributed by atoms with Gasteiger partial charge in [0.1, 0.15) is 18.0 Å². The first kappa shape index (κ1) is 14.2. The summed E-state index contributed by atoms with van der Waals surface area (Å²) in [6, 6.07) is 0.321. The lowest BCUT2D eigenvalue weighted by molar-refractivity contribution is 0.606. The molecule has 6 heteroatoms. The summed E-state index contributed by atoms with van der Waals surface area (Å²) in [5.74, 6) is 2.19. The molecule has 5 nitrogen and oxygen atoms in total. The molecule has 1 aliphatic carbocycles. The van der Waals surface area contributed by atoms with E-state index in [9.17, 15) is 0 Å². The lowest BCUT2D eigenvalue weighted by Gasteiger charge is -2.26. The summed E-state index contributed by atoms with van der Waals surface area (Å²) in [7, 11) is 2.18. The van der Waals surface area contributed by atoms with Gasteiger partial charge in [-0.1, -0.05) is 0 Å². The van der Waals surface area contributed by atoms with Gasteiger partial charge < -0.3 is 9.47 Å². The minimum Gasteiger partial charge on any atom is -0.345 e. The minimum atomic E-state index is 0.321. The molecule has 1 fully saturated rings. The van der Waals surface area contributed by atoms with Crippen molar-refractivity contribution in [2.75, 3.05) is 11.4 Å². The van der Waals surface area contributed by atoms with Crippen molar-refractivity contribution in [2.24, 2.45) is 7.05 Å². The van der Waals surface area contributed by atoms with Crippen LogP contribution >= 0.6 is 15.9 Å². The second-order valence-electron chi connectivity index (χ2n) is 6.18. The van der Waals surface area contributed by atoms with E-state index < -0.39 is 0 Å². The molecule has 0 spiro atoms. The molecule has 0 N–H and O–H groups in total. The molecule has 4 rings (SSSR count). The van der Waals surface area contributed by atoms with E-state index in [-0.39, 0.29) is 0 Å². The normalized spacial score (nSPS) is 21.2. The van der Waals surface area contributed by atoms with Crippen LogP contribution in [0.2, 0.25) is 0 Å². The molecule has 0 amide bonds. The monoisotopic (exact) mass is 361 g/mol. The van der Waals surface area contributed by atoms with Crippen LogP contribution in [0.15, 0.2) is 17.0 Å². The van der Waals surface area contributed by atoms with Crippen molar-refractivity contribution in [3.8, 4) is 0 Å². The maximum atomic E-state index is 5.00. The first-order valence-electron chi connectivity index (χ1n) is 8.02. The number of hydrogen-bond donors (Lipinski definition) is 0. The van der Waals surface area contributed by atoms with Gasteiger partial charge in [0, 0.05) is 25.5 Å². The van der Waals surface area contributed by atoms with E-state index in [0.717, 1.165) is 29.7 Å². The summed E-state index contributed by atoms with van der Waals surface area (Å²) in [5, 5.41) is 0. The van der Waals surface area contributed by atoms with Gasteiger partial charge in [0.25, 0.3) is 0 Å². The number of hydrogen-bond acceptors (Lipinski definition) is 4. The van der Waals surface area contributed by atoms with Gasteiger partial charge in [0.2, 0.25) is 0 Å². The Morgan fingerprint density at radius 2 is 2.09 bits per heavy atom. The Kier molecular flexibility index (Phi) is 3.64. The van der Waals surface area contributed by atoms with E-state index in [1.807, 2.05) is 6.20 Å². The van der Waals surface area contributed by atoms with E-state index in [4.69, 9.17) is 4.98 Å². The van der Waals surface area contributed by atoms with Gasteiger partial charge >= 0.3 is 0 Å². The zero-order valence-corrected chi connectivity index (χ0v) is 14.4. The molecule has 2 aromatic heterocycles. The Morgan fingerprint density at radius 3 is 2.91 bits per heavy atom. The highest BCUT2D eigenvalue weighted by molar-refractivity contribution is 9.10. The van der Waals surface area contributed by atoms with Crippen LogP contribution in [0.25, 0.3) is 0 Å². The summed E-state index contributed by atoms with van der Waals surface area (Å²) < 4.78 is 3.30. The Morgan fingerprint density at radius 1 is 1.23 bits per heavy atom. The second-order valence-corrected chi connectivity index (χ2v) is 7.03. The maximum absolute atomic E-state index is 5.00. The highest BCUT2D eigenvalue weighted by Gasteiger charge is 2.33. The zero-order valence-electron chi connectivity index (χ0n) is 12.8. The van der Waals surface area contributed by atoms with E-state index in [0.29, 0.717) is 6.04 Å². The molecule has 0 radical (unpaired) electrons. The highest BCUT2D eigenvalue weighted by atomic mass is 79.9. The molecule has 1 aliphatic heterocycles. The summed E-state index contributed by atoms with van der Waals surface area (Å²) in [4.78, 5) is 15.9. The first-order valence-corrected chi connectivity index (χ1v) is 8.81. The van der Waals surface area contributed by atoms with Crippen molar-refractivity contribution in [1.82, 2.24) is 19.5 Å².